The molecule has 1 heterocycles. The number of carbonyl (C=O) groups excluding carboxylic acids is 1. The van der Waals surface area contributed by atoms with Crippen molar-refractivity contribution in [2.75, 3.05) is 0 Å². The quantitative estimate of drug-likeness (QED) is 0.595. The van der Waals surface area contributed by atoms with Gasteiger partial charge in [-0.2, -0.15) is 0 Å². The normalized spacial score (nSPS) is 10.6. The Balaban J connectivity index is 2.37. The molecule has 25 heavy (non-hydrogen) atoms. The fourth-order valence-electron chi connectivity index (χ4n) is 2.52. The highest BCUT2D eigenvalue weighted by molar-refractivity contribution is 9.10. The van der Waals surface area contributed by atoms with E-state index in [1.54, 1.807) is 19.9 Å². The number of pyridine rings is 1. The first-order chi connectivity index (χ1) is 11.6. The van der Waals surface area contributed by atoms with E-state index in [0.29, 0.717) is 16.8 Å². The van der Waals surface area contributed by atoms with Crippen molar-refractivity contribution >= 4 is 27.5 Å². The van der Waals surface area contributed by atoms with E-state index in [9.17, 15) is 24.1 Å². The molecular weight excluding hydrogens is 397 g/mol. The molecule has 1 aromatic carbocycles. The average Bonchev–Trinajstić information content (AvgIpc) is 2.49. The Morgan fingerprint density at radius 1 is 1.36 bits per heavy atom. The van der Waals surface area contributed by atoms with Gasteiger partial charge in [-0.1, -0.05) is 0 Å². The maximum absolute atomic E-state index is 14.3. The highest BCUT2D eigenvalue weighted by Crippen LogP contribution is 2.30. The summed E-state index contributed by atoms with van der Waals surface area (Å²) in [6.45, 7) is 4.63. The van der Waals surface area contributed by atoms with Crippen LogP contribution in [0.5, 0.6) is 0 Å². The van der Waals surface area contributed by atoms with Crippen molar-refractivity contribution in [3.63, 3.8) is 0 Å². The van der Waals surface area contributed by atoms with E-state index in [4.69, 9.17) is 0 Å². The standard InChI is InChI=1S/C16H15BrFN3O4/c1-7-4-8(2)20-15(22)10(7)6-19-16(23)13-9(3)12(21(24)25)5-11(17)14(13)18/h4-5H,6H2,1-3H3,(H,19,23)(H,20,22). The van der Waals surface area contributed by atoms with Crippen LogP contribution in [0.4, 0.5) is 10.1 Å². The molecule has 0 aliphatic heterocycles. The summed E-state index contributed by atoms with van der Waals surface area (Å²) < 4.78 is 14.1. The molecule has 9 heteroatoms. The molecule has 2 N–H and O–H groups in total. The van der Waals surface area contributed by atoms with Gasteiger partial charge in [-0.05, 0) is 48.3 Å². The number of nitro benzene ring substituents is 1. The summed E-state index contributed by atoms with van der Waals surface area (Å²) in [6.07, 6.45) is 0. The zero-order chi connectivity index (χ0) is 18.9. The minimum absolute atomic E-state index is 0.0854. The number of hydrogen-bond acceptors (Lipinski definition) is 4. The number of H-pyrrole nitrogens is 1. The van der Waals surface area contributed by atoms with Crippen LogP contribution in [0.15, 0.2) is 21.4 Å². The summed E-state index contributed by atoms with van der Waals surface area (Å²) >= 11 is 2.88. The van der Waals surface area contributed by atoms with E-state index < -0.39 is 22.2 Å². The monoisotopic (exact) mass is 411 g/mol. The van der Waals surface area contributed by atoms with Crippen molar-refractivity contribution in [2.24, 2.45) is 0 Å². The number of rotatable bonds is 4. The molecule has 0 aliphatic carbocycles. The van der Waals surface area contributed by atoms with Crippen molar-refractivity contribution in [1.82, 2.24) is 10.3 Å². The largest absolute Gasteiger partial charge is 0.348 e. The number of hydrogen-bond donors (Lipinski definition) is 2. The fraction of sp³-hybridized carbons (Fsp3) is 0.250. The summed E-state index contributed by atoms with van der Waals surface area (Å²) in [4.78, 5) is 37.3. The molecule has 2 rings (SSSR count). The van der Waals surface area contributed by atoms with E-state index in [2.05, 4.69) is 26.2 Å². The van der Waals surface area contributed by atoms with E-state index >= 15 is 0 Å². The number of nitrogens with zero attached hydrogens (tertiary/aromatic N) is 1. The van der Waals surface area contributed by atoms with Gasteiger partial charge in [0, 0.05) is 29.4 Å². The molecule has 0 saturated carbocycles. The Bertz CT molecular complexity index is 940. The third-order valence-electron chi connectivity index (χ3n) is 3.80. The van der Waals surface area contributed by atoms with E-state index in [1.807, 2.05) is 0 Å². The lowest BCUT2D eigenvalue weighted by atomic mass is 10.0. The van der Waals surface area contributed by atoms with Crippen molar-refractivity contribution in [1.29, 1.82) is 0 Å². The van der Waals surface area contributed by atoms with Crippen LogP contribution < -0.4 is 10.9 Å². The molecule has 1 amide bonds. The Morgan fingerprint density at radius 2 is 2.00 bits per heavy atom. The average molecular weight is 412 g/mol. The van der Waals surface area contributed by atoms with E-state index in [1.165, 1.54) is 6.92 Å². The molecule has 1 aromatic heterocycles. The molecule has 0 aliphatic rings. The van der Waals surface area contributed by atoms with Crippen LogP contribution in [0, 0.1) is 36.7 Å². The maximum atomic E-state index is 14.3. The van der Waals surface area contributed by atoms with Gasteiger partial charge in [-0.25, -0.2) is 4.39 Å². The Morgan fingerprint density at radius 3 is 2.56 bits per heavy atom. The van der Waals surface area contributed by atoms with Gasteiger partial charge in [0.05, 0.1) is 15.0 Å². The first-order valence-electron chi connectivity index (χ1n) is 7.24. The number of aromatic amines is 1. The number of nitrogens with one attached hydrogen (secondary N) is 2. The highest BCUT2D eigenvalue weighted by Gasteiger charge is 2.25. The minimum atomic E-state index is -0.893. The van der Waals surface area contributed by atoms with Gasteiger partial charge in [0.1, 0.15) is 0 Å². The van der Waals surface area contributed by atoms with Gasteiger partial charge in [-0.3, -0.25) is 19.7 Å². The van der Waals surface area contributed by atoms with Gasteiger partial charge in [-0.15, -0.1) is 0 Å². The molecule has 7 nitrogen and oxygen atoms in total. The maximum Gasteiger partial charge on any atom is 0.274 e. The van der Waals surface area contributed by atoms with Crippen LogP contribution >= 0.6 is 15.9 Å². The zero-order valence-electron chi connectivity index (χ0n) is 13.7. The second kappa shape index (κ2) is 7.14. The number of halogens is 2. The number of aromatic nitrogens is 1. The SMILES string of the molecule is Cc1cc(C)c(CNC(=O)c2c(C)c([N+](=O)[O-])cc(Br)c2F)c(=O)[nH]1. The summed E-state index contributed by atoms with van der Waals surface area (Å²) in [5.74, 6) is -1.73. The van der Waals surface area contributed by atoms with Crippen LogP contribution in [0.2, 0.25) is 0 Å². The zero-order valence-corrected chi connectivity index (χ0v) is 15.3. The lowest BCUT2D eigenvalue weighted by Gasteiger charge is -2.11. The van der Waals surface area contributed by atoms with Crippen LogP contribution in [0.3, 0.4) is 0 Å². The van der Waals surface area contributed by atoms with Gasteiger partial charge in [0.25, 0.3) is 17.2 Å². The number of benzene rings is 1. The molecule has 2 aromatic rings. The second-order valence-electron chi connectivity index (χ2n) is 5.57. The summed E-state index contributed by atoms with van der Waals surface area (Å²) in [7, 11) is 0. The van der Waals surface area contributed by atoms with Crippen molar-refractivity contribution in [3.8, 4) is 0 Å². The second-order valence-corrected chi connectivity index (χ2v) is 6.43. The third-order valence-corrected chi connectivity index (χ3v) is 4.37. The van der Waals surface area contributed by atoms with Gasteiger partial charge >= 0.3 is 0 Å². The predicted octanol–water partition coefficient (Wildman–Crippen LogP) is 3.04. The fourth-order valence-corrected chi connectivity index (χ4v) is 2.94. The molecule has 0 radical (unpaired) electrons. The van der Waals surface area contributed by atoms with Crippen LogP contribution in [0.1, 0.15) is 32.7 Å². The lowest BCUT2D eigenvalue weighted by molar-refractivity contribution is -0.385. The minimum Gasteiger partial charge on any atom is -0.348 e. The number of carbonyl (C=O) groups is 1. The van der Waals surface area contributed by atoms with Gasteiger partial charge in [0.15, 0.2) is 5.82 Å². The van der Waals surface area contributed by atoms with Crippen molar-refractivity contribution in [3.05, 3.63) is 70.8 Å². The summed E-state index contributed by atoms with van der Waals surface area (Å²) in [5.41, 5.74) is 0.459. The smallest absolute Gasteiger partial charge is 0.274 e. The van der Waals surface area contributed by atoms with E-state index in [-0.39, 0.29) is 27.8 Å². The predicted molar refractivity (Wildman–Crippen MR) is 93.2 cm³/mol. The molecular formula is C16H15BrFN3O4. The molecule has 0 fully saturated rings. The van der Waals surface area contributed by atoms with Crippen LogP contribution in [-0.2, 0) is 6.54 Å². The topological polar surface area (TPSA) is 105 Å². The third kappa shape index (κ3) is 3.76. The molecule has 0 unspecified atom stereocenters. The molecule has 132 valence electrons. The Kier molecular flexibility index (Phi) is 5.36. The summed E-state index contributed by atoms with van der Waals surface area (Å²) in [6, 6.07) is 2.76. The van der Waals surface area contributed by atoms with E-state index in [0.717, 1.165) is 6.07 Å². The van der Waals surface area contributed by atoms with Crippen molar-refractivity contribution in [2.45, 2.75) is 27.3 Å². The first-order valence-corrected chi connectivity index (χ1v) is 8.03. The Hall–Kier alpha value is -2.55. The van der Waals surface area contributed by atoms with Crippen LogP contribution in [0.25, 0.3) is 0 Å². The van der Waals surface area contributed by atoms with Crippen LogP contribution in [-0.4, -0.2) is 15.8 Å². The number of nitro groups is 1. The molecule has 0 atom stereocenters. The van der Waals surface area contributed by atoms with Gasteiger partial charge < -0.3 is 10.3 Å². The molecule has 0 spiro atoms. The molecule has 0 saturated heterocycles. The summed E-state index contributed by atoms with van der Waals surface area (Å²) in [5, 5.41) is 13.5. The van der Waals surface area contributed by atoms with Crippen molar-refractivity contribution < 1.29 is 14.1 Å². The lowest BCUT2D eigenvalue weighted by Crippen LogP contribution is -2.29. The highest BCUT2D eigenvalue weighted by atomic mass is 79.9. The van der Waals surface area contributed by atoms with Gasteiger partial charge in [0.2, 0.25) is 0 Å². The Labute approximate surface area is 150 Å². The number of aryl methyl sites for hydroxylation is 2. The molecule has 0 bridgehead atoms. The number of amides is 1. The first kappa shape index (κ1) is 18.8.